The Morgan fingerprint density at radius 2 is 2.17 bits per heavy atom. The van der Waals surface area contributed by atoms with Crippen LogP contribution in [0.5, 0.6) is 0 Å². The number of likely N-dealkylation sites (N-methyl/N-ethyl adjacent to an activating group) is 1. The zero-order valence-corrected chi connectivity index (χ0v) is 12.9. The molecule has 0 saturated heterocycles. The number of hydrogen-bond acceptors (Lipinski definition) is 3. The van der Waals surface area contributed by atoms with Gasteiger partial charge in [0, 0.05) is 24.0 Å². The van der Waals surface area contributed by atoms with Gasteiger partial charge in [0.15, 0.2) is 0 Å². The summed E-state index contributed by atoms with van der Waals surface area (Å²) >= 11 is 1.86. The first-order chi connectivity index (χ1) is 8.77. The normalized spacial score (nSPS) is 13.1. The van der Waals surface area contributed by atoms with E-state index in [1.807, 2.05) is 11.3 Å². The molecule has 3 heteroatoms. The van der Waals surface area contributed by atoms with Gasteiger partial charge in [-0.3, -0.25) is 4.90 Å². The van der Waals surface area contributed by atoms with E-state index in [0.717, 1.165) is 26.2 Å². The van der Waals surface area contributed by atoms with Crippen molar-refractivity contribution < 1.29 is 0 Å². The van der Waals surface area contributed by atoms with Gasteiger partial charge in [-0.25, -0.2) is 0 Å². The molecule has 0 aliphatic heterocycles. The van der Waals surface area contributed by atoms with Crippen LogP contribution in [0.2, 0.25) is 0 Å². The number of hydrogen-bond donors (Lipinski definition) is 1. The van der Waals surface area contributed by atoms with Crippen molar-refractivity contribution >= 4 is 11.3 Å². The van der Waals surface area contributed by atoms with Crippen LogP contribution in [0, 0.1) is 0 Å². The van der Waals surface area contributed by atoms with Gasteiger partial charge in [-0.15, -0.1) is 11.3 Å². The van der Waals surface area contributed by atoms with E-state index in [1.54, 1.807) is 0 Å². The molecule has 0 fully saturated rings. The molecule has 1 heterocycles. The molecule has 1 unspecified atom stereocenters. The van der Waals surface area contributed by atoms with Crippen LogP contribution in [0.3, 0.4) is 0 Å². The summed E-state index contributed by atoms with van der Waals surface area (Å²) < 4.78 is 0. The van der Waals surface area contributed by atoms with E-state index in [4.69, 9.17) is 0 Å². The van der Waals surface area contributed by atoms with Crippen molar-refractivity contribution in [3.8, 4) is 0 Å². The Morgan fingerprint density at radius 3 is 2.78 bits per heavy atom. The average molecular weight is 268 g/mol. The third-order valence-corrected chi connectivity index (χ3v) is 4.23. The van der Waals surface area contributed by atoms with E-state index in [2.05, 4.69) is 48.5 Å². The SMILES string of the molecule is CCCCCNCC(C)N(CC)Cc1cccs1. The average Bonchev–Trinajstić information content (AvgIpc) is 2.88. The molecule has 0 aliphatic carbocycles. The van der Waals surface area contributed by atoms with Gasteiger partial charge in [0.25, 0.3) is 0 Å². The minimum Gasteiger partial charge on any atom is -0.315 e. The summed E-state index contributed by atoms with van der Waals surface area (Å²) in [7, 11) is 0. The molecule has 18 heavy (non-hydrogen) atoms. The molecular weight excluding hydrogens is 240 g/mol. The molecule has 0 spiro atoms. The van der Waals surface area contributed by atoms with Gasteiger partial charge in [0.1, 0.15) is 0 Å². The van der Waals surface area contributed by atoms with Crippen molar-refractivity contribution in [2.24, 2.45) is 0 Å². The fourth-order valence-corrected chi connectivity index (χ4v) is 2.85. The second-order valence-electron chi connectivity index (χ2n) is 4.90. The molecule has 1 aromatic rings. The fraction of sp³-hybridized carbons (Fsp3) is 0.733. The van der Waals surface area contributed by atoms with Gasteiger partial charge in [-0.1, -0.05) is 32.8 Å². The Morgan fingerprint density at radius 1 is 1.33 bits per heavy atom. The van der Waals surface area contributed by atoms with Crippen molar-refractivity contribution in [3.05, 3.63) is 22.4 Å². The molecular formula is C15H28N2S. The Labute approximate surface area is 116 Å². The lowest BCUT2D eigenvalue weighted by Gasteiger charge is -2.27. The monoisotopic (exact) mass is 268 g/mol. The highest BCUT2D eigenvalue weighted by molar-refractivity contribution is 7.09. The van der Waals surface area contributed by atoms with E-state index in [-0.39, 0.29) is 0 Å². The maximum atomic E-state index is 3.58. The zero-order valence-electron chi connectivity index (χ0n) is 12.1. The van der Waals surface area contributed by atoms with Gasteiger partial charge >= 0.3 is 0 Å². The van der Waals surface area contributed by atoms with Crippen molar-refractivity contribution in [1.82, 2.24) is 10.2 Å². The van der Waals surface area contributed by atoms with Crippen LogP contribution in [-0.4, -0.2) is 30.6 Å². The first-order valence-electron chi connectivity index (χ1n) is 7.25. The van der Waals surface area contributed by atoms with Gasteiger partial charge < -0.3 is 5.32 Å². The zero-order chi connectivity index (χ0) is 13.2. The highest BCUT2D eigenvalue weighted by atomic mass is 32.1. The summed E-state index contributed by atoms with van der Waals surface area (Å²) in [5.41, 5.74) is 0. The van der Waals surface area contributed by atoms with E-state index < -0.39 is 0 Å². The Balaban J connectivity index is 2.22. The lowest BCUT2D eigenvalue weighted by Crippen LogP contribution is -2.40. The Bertz CT molecular complexity index is 285. The molecule has 2 nitrogen and oxygen atoms in total. The predicted octanol–water partition coefficient (Wildman–Crippen LogP) is 3.74. The lowest BCUT2D eigenvalue weighted by molar-refractivity contribution is 0.208. The third kappa shape index (κ3) is 5.98. The van der Waals surface area contributed by atoms with Crippen LogP contribution in [-0.2, 0) is 6.54 Å². The number of rotatable bonds is 10. The van der Waals surface area contributed by atoms with E-state index in [0.29, 0.717) is 6.04 Å². The molecule has 0 aliphatic rings. The Hall–Kier alpha value is -0.380. The van der Waals surface area contributed by atoms with E-state index >= 15 is 0 Å². The maximum absolute atomic E-state index is 3.58. The highest BCUT2D eigenvalue weighted by Crippen LogP contribution is 2.13. The Kier molecular flexibility index (Phi) is 8.31. The minimum atomic E-state index is 0.610. The van der Waals surface area contributed by atoms with Crippen LogP contribution in [0.25, 0.3) is 0 Å². The molecule has 0 saturated carbocycles. The molecule has 1 aromatic heterocycles. The second kappa shape index (κ2) is 9.54. The van der Waals surface area contributed by atoms with E-state index in [9.17, 15) is 0 Å². The minimum absolute atomic E-state index is 0.610. The van der Waals surface area contributed by atoms with Gasteiger partial charge in [-0.05, 0) is 37.9 Å². The predicted molar refractivity (Wildman–Crippen MR) is 82.3 cm³/mol. The van der Waals surface area contributed by atoms with Crippen LogP contribution in [0.4, 0.5) is 0 Å². The van der Waals surface area contributed by atoms with Crippen LogP contribution >= 0.6 is 11.3 Å². The number of nitrogens with zero attached hydrogens (tertiary/aromatic N) is 1. The summed E-state index contributed by atoms with van der Waals surface area (Å²) in [6.45, 7) is 11.3. The number of unbranched alkanes of at least 4 members (excludes halogenated alkanes) is 2. The molecule has 0 bridgehead atoms. The fourth-order valence-electron chi connectivity index (χ4n) is 2.12. The summed E-state index contributed by atoms with van der Waals surface area (Å²) in [5, 5.41) is 5.74. The summed E-state index contributed by atoms with van der Waals surface area (Å²) in [6, 6.07) is 4.98. The molecule has 1 rings (SSSR count). The number of thiophene rings is 1. The second-order valence-corrected chi connectivity index (χ2v) is 5.93. The van der Waals surface area contributed by atoms with Crippen LogP contribution in [0.15, 0.2) is 17.5 Å². The van der Waals surface area contributed by atoms with Gasteiger partial charge in [-0.2, -0.15) is 0 Å². The quantitative estimate of drug-likeness (QED) is 0.650. The molecule has 0 aromatic carbocycles. The third-order valence-electron chi connectivity index (χ3n) is 3.37. The van der Waals surface area contributed by atoms with E-state index in [1.165, 1.54) is 24.1 Å². The van der Waals surface area contributed by atoms with Crippen molar-refractivity contribution in [3.63, 3.8) is 0 Å². The molecule has 1 N–H and O–H groups in total. The number of nitrogens with one attached hydrogen (secondary N) is 1. The summed E-state index contributed by atoms with van der Waals surface area (Å²) in [6.07, 6.45) is 3.95. The van der Waals surface area contributed by atoms with Crippen molar-refractivity contribution in [2.45, 2.75) is 52.6 Å². The van der Waals surface area contributed by atoms with Crippen LogP contribution < -0.4 is 5.32 Å². The standard InChI is InChI=1S/C15H28N2S/c1-4-6-7-10-16-12-14(3)17(5-2)13-15-9-8-11-18-15/h8-9,11,14,16H,4-7,10,12-13H2,1-3H3. The van der Waals surface area contributed by atoms with Gasteiger partial charge in [0.05, 0.1) is 0 Å². The smallest absolute Gasteiger partial charge is 0.0331 e. The van der Waals surface area contributed by atoms with Crippen molar-refractivity contribution in [1.29, 1.82) is 0 Å². The lowest BCUT2D eigenvalue weighted by atomic mass is 10.2. The molecule has 1 atom stereocenters. The topological polar surface area (TPSA) is 15.3 Å². The molecule has 0 radical (unpaired) electrons. The summed E-state index contributed by atoms with van der Waals surface area (Å²) in [5.74, 6) is 0. The largest absolute Gasteiger partial charge is 0.315 e. The molecule has 104 valence electrons. The van der Waals surface area contributed by atoms with Crippen molar-refractivity contribution in [2.75, 3.05) is 19.6 Å². The first kappa shape index (κ1) is 15.7. The summed E-state index contributed by atoms with van der Waals surface area (Å²) in [4.78, 5) is 4.01. The van der Waals surface area contributed by atoms with Gasteiger partial charge in [0.2, 0.25) is 0 Å². The highest BCUT2D eigenvalue weighted by Gasteiger charge is 2.12. The van der Waals surface area contributed by atoms with Crippen LogP contribution in [0.1, 0.15) is 44.9 Å². The molecule has 0 amide bonds. The first-order valence-corrected chi connectivity index (χ1v) is 8.13. The maximum Gasteiger partial charge on any atom is 0.0331 e.